The van der Waals surface area contributed by atoms with Crippen molar-refractivity contribution in [2.24, 2.45) is 0 Å². The monoisotopic (exact) mass is 280 g/mol. The second-order valence-corrected chi connectivity index (χ2v) is 5.29. The molecule has 2 heterocycles. The van der Waals surface area contributed by atoms with Crippen LogP contribution in [0, 0.1) is 0 Å². The number of hydrogen-bond donors (Lipinski definition) is 1. The summed E-state index contributed by atoms with van der Waals surface area (Å²) >= 11 is 0. The highest BCUT2D eigenvalue weighted by Gasteiger charge is 2.26. The van der Waals surface area contributed by atoms with E-state index >= 15 is 0 Å². The van der Waals surface area contributed by atoms with E-state index < -0.39 is 0 Å². The van der Waals surface area contributed by atoms with Gasteiger partial charge in [-0.15, -0.1) is 0 Å². The zero-order valence-corrected chi connectivity index (χ0v) is 12.5. The molecule has 0 spiro atoms. The first kappa shape index (κ1) is 15.0. The van der Waals surface area contributed by atoms with Gasteiger partial charge in [0.2, 0.25) is 0 Å². The molecule has 0 saturated carbocycles. The second-order valence-electron chi connectivity index (χ2n) is 5.29. The lowest BCUT2D eigenvalue weighted by Gasteiger charge is -2.36. The van der Waals surface area contributed by atoms with Crippen LogP contribution in [0.15, 0.2) is 17.2 Å². The fourth-order valence-corrected chi connectivity index (χ4v) is 2.43. The van der Waals surface area contributed by atoms with Gasteiger partial charge in [0.05, 0.1) is 19.3 Å². The molecular formula is C14H24N4O2. The molecule has 20 heavy (non-hydrogen) atoms. The molecule has 1 unspecified atom stereocenters. The molecule has 0 bridgehead atoms. The number of nitrogens with one attached hydrogen (secondary N) is 1. The van der Waals surface area contributed by atoms with Gasteiger partial charge in [-0.05, 0) is 20.4 Å². The minimum Gasteiger partial charge on any atom is -0.377 e. The van der Waals surface area contributed by atoms with Crippen LogP contribution in [0.4, 0.5) is 5.82 Å². The third-order valence-electron chi connectivity index (χ3n) is 3.54. The summed E-state index contributed by atoms with van der Waals surface area (Å²) in [5.41, 5.74) is -0.0223. The molecule has 6 heteroatoms. The number of hydrogen-bond acceptors (Lipinski definition) is 5. The van der Waals surface area contributed by atoms with Gasteiger partial charge in [-0.3, -0.25) is 4.79 Å². The Hall–Kier alpha value is -1.40. The van der Waals surface area contributed by atoms with Crippen molar-refractivity contribution in [3.05, 3.63) is 22.7 Å². The molecule has 1 N–H and O–H groups in total. The summed E-state index contributed by atoms with van der Waals surface area (Å²) in [5.74, 6) is 0.535. The van der Waals surface area contributed by atoms with Crippen LogP contribution in [0.25, 0.3) is 0 Å². The van der Waals surface area contributed by atoms with E-state index in [0.29, 0.717) is 25.6 Å². The summed E-state index contributed by atoms with van der Waals surface area (Å²) in [6, 6.07) is 0.296. The Morgan fingerprint density at radius 2 is 2.35 bits per heavy atom. The number of aromatic nitrogens is 2. The highest BCUT2D eigenvalue weighted by atomic mass is 16.5. The van der Waals surface area contributed by atoms with E-state index in [9.17, 15) is 4.79 Å². The fourth-order valence-electron chi connectivity index (χ4n) is 2.43. The molecule has 6 nitrogen and oxygen atoms in total. The van der Waals surface area contributed by atoms with Crippen LogP contribution in [0.5, 0.6) is 0 Å². The number of nitrogens with zero attached hydrogens (tertiary/aromatic N) is 3. The molecule has 1 aliphatic heterocycles. The van der Waals surface area contributed by atoms with Gasteiger partial charge in [0.15, 0.2) is 5.82 Å². The number of rotatable bonds is 5. The first-order valence-corrected chi connectivity index (χ1v) is 7.27. The van der Waals surface area contributed by atoms with E-state index in [0.717, 1.165) is 13.1 Å². The zero-order chi connectivity index (χ0) is 14.5. The molecule has 1 aromatic rings. The minimum atomic E-state index is -0.0223. The fraction of sp³-hybridized carbons (Fsp3) is 0.714. The second kappa shape index (κ2) is 6.85. The maximum atomic E-state index is 12.5. The first-order valence-electron chi connectivity index (χ1n) is 7.27. The molecular weight excluding hydrogens is 256 g/mol. The Kier molecular flexibility index (Phi) is 5.14. The summed E-state index contributed by atoms with van der Waals surface area (Å²) in [6.07, 6.45) is 3.45. The molecule has 0 aromatic carbocycles. The van der Waals surface area contributed by atoms with Gasteiger partial charge in [-0.2, -0.15) is 0 Å². The Balaban J connectivity index is 2.28. The van der Waals surface area contributed by atoms with E-state index in [-0.39, 0.29) is 17.6 Å². The lowest BCUT2D eigenvalue weighted by atomic mass is 10.2. The van der Waals surface area contributed by atoms with Crippen LogP contribution in [0.3, 0.4) is 0 Å². The zero-order valence-electron chi connectivity index (χ0n) is 12.5. The molecule has 1 aliphatic rings. The standard InChI is InChI=1S/C14H24N4O2/c1-4-15-9-12-10-20-8-7-18(12)13-14(19)17(11(2)3)6-5-16-13/h5-6,11-12,15H,4,7-10H2,1-3H3. The van der Waals surface area contributed by atoms with E-state index in [1.165, 1.54) is 0 Å². The Morgan fingerprint density at radius 1 is 1.55 bits per heavy atom. The summed E-state index contributed by atoms with van der Waals surface area (Å²) in [4.78, 5) is 18.9. The first-order chi connectivity index (χ1) is 9.65. The van der Waals surface area contributed by atoms with Crippen molar-refractivity contribution in [2.75, 3.05) is 37.7 Å². The van der Waals surface area contributed by atoms with Crippen LogP contribution in [0.2, 0.25) is 0 Å². The molecule has 1 saturated heterocycles. The predicted octanol–water partition coefficient (Wildman–Crippen LogP) is 0.639. The quantitative estimate of drug-likeness (QED) is 0.857. The average Bonchev–Trinajstić information content (AvgIpc) is 2.45. The Labute approximate surface area is 119 Å². The van der Waals surface area contributed by atoms with Gasteiger partial charge >= 0.3 is 0 Å². The molecule has 1 aromatic heterocycles. The number of ether oxygens (including phenoxy) is 1. The highest BCUT2D eigenvalue weighted by molar-refractivity contribution is 5.38. The van der Waals surface area contributed by atoms with Crippen molar-refractivity contribution in [3.8, 4) is 0 Å². The van der Waals surface area contributed by atoms with Crippen molar-refractivity contribution in [1.82, 2.24) is 14.9 Å². The maximum absolute atomic E-state index is 12.5. The largest absolute Gasteiger partial charge is 0.377 e. The normalized spacial score (nSPS) is 19.6. The number of likely N-dealkylation sites (N-methyl/N-ethyl adjacent to an activating group) is 1. The average molecular weight is 280 g/mol. The van der Waals surface area contributed by atoms with Crippen molar-refractivity contribution in [3.63, 3.8) is 0 Å². The van der Waals surface area contributed by atoms with Crippen LogP contribution >= 0.6 is 0 Å². The van der Waals surface area contributed by atoms with Crippen LogP contribution in [0.1, 0.15) is 26.8 Å². The van der Waals surface area contributed by atoms with E-state index in [4.69, 9.17) is 4.74 Å². The lowest BCUT2D eigenvalue weighted by Crippen LogP contribution is -2.52. The summed E-state index contributed by atoms with van der Waals surface area (Å²) in [7, 11) is 0. The van der Waals surface area contributed by atoms with Crippen molar-refractivity contribution in [1.29, 1.82) is 0 Å². The van der Waals surface area contributed by atoms with Gasteiger partial charge in [0, 0.05) is 31.5 Å². The highest BCUT2D eigenvalue weighted by Crippen LogP contribution is 2.13. The van der Waals surface area contributed by atoms with E-state index in [1.807, 2.05) is 13.8 Å². The summed E-state index contributed by atoms with van der Waals surface area (Å²) < 4.78 is 7.25. The molecule has 0 radical (unpaired) electrons. The maximum Gasteiger partial charge on any atom is 0.293 e. The third-order valence-corrected chi connectivity index (χ3v) is 3.54. The molecule has 1 atom stereocenters. The van der Waals surface area contributed by atoms with Crippen molar-refractivity contribution >= 4 is 5.82 Å². The number of anilines is 1. The van der Waals surface area contributed by atoms with Crippen molar-refractivity contribution < 1.29 is 4.74 Å². The molecule has 2 rings (SSSR count). The topological polar surface area (TPSA) is 59.4 Å². The van der Waals surface area contributed by atoms with Crippen LogP contribution in [-0.2, 0) is 4.74 Å². The molecule has 112 valence electrons. The Morgan fingerprint density at radius 3 is 3.05 bits per heavy atom. The predicted molar refractivity (Wildman–Crippen MR) is 79.4 cm³/mol. The van der Waals surface area contributed by atoms with Gasteiger partial charge < -0.3 is 19.5 Å². The van der Waals surface area contributed by atoms with E-state index in [1.54, 1.807) is 17.0 Å². The van der Waals surface area contributed by atoms with Gasteiger partial charge in [-0.25, -0.2) is 4.98 Å². The Bertz CT molecular complexity index is 486. The molecule has 0 amide bonds. The molecule has 1 fully saturated rings. The molecule has 0 aliphatic carbocycles. The summed E-state index contributed by atoms with van der Waals surface area (Å²) in [5, 5.41) is 3.32. The third kappa shape index (κ3) is 3.19. The van der Waals surface area contributed by atoms with Crippen molar-refractivity contribution in [2.45, 2.75) is 32.9 Å². The van der Waals surface area contributed by atoms with E-state index in [2.05, 4.69) is 22.1 Å². The van der Waals surface area contributed by atoms with Crippen LogP contribution < -0.4 is 15.8 Å². The lowest BCUT2D eigenvalue weighted by molar-refractivity contribution is 0.0933. The van der Waals surface area contributed by atoms with Crippen LogP contribution in [-0.4, -0.2) is 48.4 Å². The minimum absolute atomic E-state index is 0.0223. The van der Waals surface area contributed by atoms with Gasteiger partial charge in [0.1, 0.15) is 0 Å². The van der Waals surface area contributed by atoms with Gasteiger partial charge in [0.25, 0.3) is 5.56 Å². The van der Waals surface area contributed by atoms with Gasteiger partial charge in [-0.1, -0.05) is 6.92 Å². The smallest absolute Gasteiger partial charge is 0.293 e. The summed E-state index contributed by atoms with van der Waals surface area (Å²) in [6.45, 7) is 9.75. The SMILES string of the molecule is CCNCC1COCCN1c1nccn(C(C)C)c1=O. The number of morpholine rings is 1.